The number of hydrogen-bond acceptors (Lipinski definition) is 4. The lowest BCUT2D eigenvalue weighted by Crippen LogP contribution is -2.26. The average molecular weight is 361 g/mol. The second kappa shape index (κ2) is 8.34. The van der Waals surface area contributed by atoms with E-state index >= 15 is 0 Å². The van der Waals surface area contributed by atoms with Gasteiger partial charge in [-0.2, -0.15) is 17.0 Å². The largest absolute Gasteiger partial charge is 0.240 e. The zero-order chi connectivity index (χ0) is 17.6. The average Bonchev–Trinajstić information content (AvgIpc) is 2.57. The molecule has 0 heterocycles. The topological polar surface area (TPSA) is 70.0 Å². The number of sulfonamides is 1. The first-order valence-electron chi connectivity index (χ1n) is 7.57. The van der Waals surface area contributed by atoms with Crippen LogP contribution in [0.4, 0.5) is 0 Å². The molecule has 126 valence electrons. The maximum Gasteiger partial charge on any atom is 0.240 e. The summed E-state index contributed by atoms with van der Waals surface area (Å²) in [6, 6.07) is 15.0. The smallest absolute Gasteiger partial charge is 0.210 e. The molecule has 0 radical (unpaired) electrons. The summed E-state index contributed by atoms with van der Waals surface area (Å²) in [5.41, 5.74) is 3.30. The Bertz CT molecular complexity index is 856. The van der Waals surface area contributed by atoms with E-state index in [1.165, 1.54) is 0 Å². The first-order chi connectivity index (χ1) is 11.4. The Morgan fingerprint density at radius 3 is 2.67 bits per heavy atom. The molecule has 0 saturated heterocycles. The van der Waals surface area contributed by atoms with Gasteiger partial charge in [-0.15, -0.1) is 0 Å². The minimum Gasteiger partial charge on any atom is -0.210 e. The molecule has 6 heteroatoms. The normalized spacial score (nSPS) is 11.2. The van der Waals surface area contributed by atoms with Crippen molar-refractivity contribution < 1.29 is 8.42 Å². The van der Waals surface area contributed by atoms with E-state index in [1.807, 2.05) is 37.3 Å². The van der Waals surface area contributed by atoms with Crippen LogP contribution in [-0.4, -0.2) is 20.7 Å². The summed E-state index contributed by atoms with van der Waals surface area (Å²) in [5.74, 6) is 1.33. The highest BCUT2D eigenvalue weighted by Gasteiger charge is 2.16. The van der Waals surface area contributed by atoms with Crippen LogP contribution in [0.25, 0.3) is 0 Å². The highest BCUT2D eigenvalue weighted by atomic mass is 32.2. The summed E-state index contributed by atoms with van der Waals surface area (Å²) in [7, 11) is -3.49. The Balaban J connectivity index is 1.88. The Kier molecular flexibility index (Phi) is 6.44. The van der Waals surface area contributed by atoms with E-state index in [4.69, 9.17) is 5.26 Å². The molecule has 0 bridgehead atoms. The molecule has 0 atom stereocenters. The summed E-state index contributed by atoms with van der Waals surface area (Å²) in [5, 5.41) is 9.05. The van der Waals surface area contributed by atoms with Crippen molar-refractivity contribution in [2.24, 2.45) is 0 Å². The zero-order valence-electron chi connectivity index (χ0n) is 13.7. The van der Waals surface area contributed by atoms with Crippen molar-refractivity contribution >= 4 is 21.8 Å². The monoisotopic (exact) mass is 360 g/mol. The van der Waals surface area contributed by atoms with Crippen molar-refractivity contribution in [3.63, 3.8) is 0 Å². The molecule has 0 aliphatic heterocycles. The summed E-state index contributed by atoms with van der Waals surface area (Å²) < 4.78 is 27.4. The molecule has 24 heavy (non-hydrogen) atoms. The molecular formula is C18H20N2O2S2. The fraction of sp³-hybridized carbons (Fsp3) is 0.278. The van der Waals surface area contributed by atoms with Crippen LogP contribution in [0, 0.1) is 25.2 Å². The molecule has 1 N–H and O–H groups in total. The predicted molar refractivity (Wildman–Crippen MR) is 98.4 cm³/mol. The highest BCUT2D eigenvalue weighted by molar-refractivity contribution is 7.98. The van der Waals surface area contributed by atoms with Gasteiger partial charge in [0.25, 0.3) is 0 Å². The summed E-state index contributed by atoms with van der Waals surface area (Å²) in [6.07, 6.45) is 0. The van der Waals surface area contributed by atoms with Gasteiger partial charge in [-0.1, -0.05) is 30.3 Å². The van der Waals surface area contributed by atoms with Crippen LogP contribution in [0.2, 0.25) is 0 Å². The molecule has 0 fully saturated rings. The Morgan fingerprint density at radius 1 is 1.17 bits per heavy atom. The van der Waals surface area contributed by atoms with Crippen molar-refractivity contribution in [2.45, 2.75) is 24.5 Å². The van der Waals surface area contributed by atoms with Gasteiger partial charge in [0.2, 0.25) is 10.0 Å². The third kappa shape index (κ3) is 4.84. The highest BCUT2D eigenvalue weighted by Crippen LogP contribution is 2.18. The van der Waals surface area contributed by atoms with Gasteiger partial charge in [0.1, 0.15) is 0 Å². The Morgan fingerprint density at radius 2 is 1.92 bits per heavy atom. The lowest BCUT2D eigenvalue weighted by molar-refractivity contribution is 0.583. The number of hydrogen-bond donors (Lipinski definition) is 1. The summed E-state index contributed by atoms with van der Waals surface area (Å²) >= 11 is 1.60. The van der Waals surface area contributed by atoms with E-state index < -0.39 is 10.0 Å². The number of nitriles is 1. The number of thioether (sulfide) groups is 1. The molecule has 2 rings (SSSR count). The fourth-order valence-electron chi connectivity index (χ4n) is 2.26. The van der Waals surface area contributed by atoms with Crippen LogP contribution in [-0.2, 0) is 15.8 Å². The minimum absolute atomic E-state index is 0.335. The summed E-state index contributed by atoms with van der Waals surface area (Å²) in [6.45, 7) is 4.03. The standard InChI is InChI=1S/C18H20N2O2S2/c1-14-7-8-15(2)18(11-14)24(21,22)20-9-10-23-13-17-6-4-3-5-16(17)12-19/h3-8,11,20H,9-10,13H2,1-2H3. The second-order valence-electron chi connectivity index (χ2n) is 5.49. The SMILES string of the molecule is Cc1ccc(C)c(S(=O)(=O)NCCSCc2ccccc2C#N)c1. The van der Waals surface area contributed by atoms with E-state index in [1.54, 1.807) is 30.8 Å². The molecule has 0 aliphatic carbocycles. The van der Waals surface area contributed by atoms with Crippen molar-refractivity contribution in [1.29, 1.82) is 5.26 Å². The van der Waals surface area contributed by atoms with Crippen LogP contribution in [0.15, 0.2) is 47.4 Å². The van der Waals surface area contributed by atoms with Crippen molar-refractivity contribution in [1.82, 2.24) is 4.72 Å². The predicted octanol–water partition coefficient (Wildman–Crippen LogP) is 3.39. The zero-order valence-corrected chi connectivity index (χ0v) is 15.4. The van der Waals surface area contributed by atoms with Crippen molar-refractivity contribution in [3.8, 4) is 6.07 Å². The molecule has 2 aromatic carbocycles. The van der Waals surface area contributed by atoms with E-state index in [-0.39, 0.29) is 0 Å². The van der Waals surface area contributed by atoms with Gasteiger partial charge in [-0.05, 0) is 42.7 Å². The van der Waals surface area contributed by atoms with Gasteiger partial charge in [-0.3, -0.25) is 0 Å². The van der Waals surface area contributed by atoms with Gasteiger partial charge in [-0.25, -0.2) is 13.1 Å². The first kappa shape index (κ1) is 18.5. The van der Waals surface area contributed by atoms with Gasteiger partial charge in [0.15, 0.2) is 0 Å². The Hall–Kier alpha value is -1.81. The Labute approximate surface area is 148 Å². The van der Waals surface area contributed by atoms with Crippen molar-refractivity contribution in [3.05, 3.63) is 64.7 Å². The van der Waals surface area contributed by atoms with E-state index in [0.717, 1.165) is 16.7 Å². The number of nitrogens with one attached hydrogen (secondary N) is 1. The lowest BCUT2D eigenvalue weighted by Gasteiger charge is -2.10. The summed E-state index contributed by atoms with van der Waals surface area (Å²) in [4.78, 5) is 0.335. The number of benzene rings is 2. The fourth-order valence-corrected chi connectivity index (χ4v) is 4.61. The van der Waals surface area contributed by atoms with Gasteiger partial charge in [0, 0.05) is 18.1 Å². The molecule has 0 spiro atoms. The lowest BCUT2D eigenvalue weighted by atomic mass is 10.1. The van der Waals surface area contributed by atoms with Crippen molar-refractivity contribution in [2.75, 3.05) is 12.3 Å². The molecule has 0 unspecified atom stereocenters. The van der Waals surface area contributed by atoms with Crippen LogP contribution in [0.3, 0.4) is 0 Å². The molecule has 4 nitrogen and oxygen atoms in total. The second-order valence-corrected chi connectivity index (χ2v) is 8.33. The number of nitrogens with zero attached hydrogens (tertiary/aromatic N) is 1. The van der Waals surface area contributed by atoms with Crippen LogP contribution in [0.1, 0.15) is 22.3 Å². The molecule has 2 aromatic rings. The maximum atomic E-state index is 12.4. The third-order valence-corrected chi connectivity index (χ3v) is 6.18. The first-order valence-corrected chi connectivity index (χ1v) is 10.2. The maximum absolute atomic E-state index is 12.4. The van der Waals surface area contributed by atoms with Crippen LogP contribution < -0.4 is 4.72 Å². The van der Waals surface area contributed by atoms with E-state index in [2.05, 4.69) is 10.8 Å². The van der Waals surface area contributed by atoms with Gasteiger partial charge < -0.3 is 0 Å². The van der Waals surface area contributed by atoms with Crippen LogP contribution >= 0.6 is 11.8 Å². The van der Waals surface area contributed by atoms with Gasteiger partial charge in [0.05, 0.1) is 16.5 Å². The number of rotatable bonds is 7. The van der Waals surface area contributed by atoms with Crippen LogP contribution in [0.5, 0.6) is 0 Å². The molecular weight excluding hydrogens is 340 g/mol. The van der Waals surface area contributed by atoms with E-state index in [0.29, 0.717) is 28.5 Å². The molecule has 0 aromatic heterocycles. The third-order valence-electron chi connectivity index (χ3n) is 3.57. The minimum atomic E-state index is -3.49. The van der Waals surface area contributed by atoms with Gasteiger partial charge >= 0.3 is 0 Å². The molecule has 0 amide bonds. The molecule has 0 saturated carbocycles. The molecule has 0 aliphatic rings. The van der Waals surface area contributed by atoms with E-state index in [9.17, 15) is 8.42 Å². The number of aryl methyl sites for hydroxylation is 2. The quantitative estimate of drug-likeness (QED) is 0.769.